The van der Waals surface area contributed by atoms with Gasteiger partial charge in [-0.3, -0.25) is 19.2 Å². The Labute approximate surface area is 263 Å². The number of aliphatic hydroxyl groups excluding tert-OH is 1. The molecule has 0 saturated carbocycles. The van der Waals surface area contributed by atoms with Crippen molar-refractivity contribution in [2.75, 3.05) is 13.2 Å². The molecule has 14 heteroatoms. The van der Waals surface area contributed by atoms with Crippen molar-refractivity contribution in [3.8, 4) is 0 Å². The monoisotopic (exact) mass is 645 g/mol. The molecule has 0 bridgehead atoms. The molecular formula is C32H38F3N5O6. The average Bonchev–Trinajstić information content (AvgIpc) is 3.53. The van der Waals surface area contributed by atoms with Crippen LogP contribution < -0.4 is 21.3 Å². The van der Waals surface area contributed by atoms with E-state index in [4.69, 9.17) is 0 Å². The summed E-state index contributed by atoms with van der Waals surface area (Å²) in [7, 11) is 0. The molecule has 1 fully saturated rings. The Morgan fingerprint density at radius 3 is 2.43 bits per heavy atom. The highest BCUT2D eigenvalue weighted by atomic mass is 19.4. The molecule has 2 heterocycles. The van der Waals surface area contributed by atoms with E-state index in [2.05, 4.69) is 30.9 Å². The maximum absolute atomic E-state index is 13.8. The first-order valence-electron chi connectivity index (χ1n) is 15.2. The van der Waals surface area contributed by atoms with Crippen LogP contribution in [-0.2, 0) is 27.0 Å². The number of halogens is 3. The first kappa shape index (κ1) is 34.4. The summed E-state index contributed by atoms with van der Waals surface area (Å²) in [5.41, 5.74) is 0.00250. The Morgan fingerprint density at radius 1 is 1.04 bits per heavy atom. The van der Waals surface area contributed by atoms with Crippen molar-refractivity contribution in [3.05, 3.63) is 65.5 Å². The zero-order valence-corrected chi connectivity index (χ0v) is 25.5. The fraction of sp³-hybridized carbons (Fsp3) is 0.469. The first-order chi connectivity index (χ1) is 21.8. The Hall–Kier alpha value is -4.46. The molecular weight excluding hydrogens is 607 g/mol. The second-order valence-electron chi connectivity index (χ2n) is 11.9. The molecule has 1 aromatic heterocycles. The van der Waals surface area contributed by atoms with Gasteiger partial charge in [0.25, 0.3) is 5.91 Å². The van der Waals surface area contributed by atoms with Gasteiger partial charge in [-0.2, -0.15) is 13.2 Å². The summed E-state index contributed by atoms with van der Waals surface area (Å²) >= 11 is 0. The number of nitrogens with zero attached hydrogens (tertiary/aromatic N) is 1. The minimum absolute atomic E-state index is 0.0604. The molecule has 0 spiro atoms. The van der Waals surface area contributed by atoms with Gasteiger partial charge >= 0.3 is 6.18 Å². The third-order valence-corrected chi connectivity index (χ3v) is 7.82. The Kier molecular flexibility index (Phi) is 11.4. The number of amides is 4. The van der Waals surface area contributed by atoms with Crippen molar-refractivity contribution in [2.24, 2.45) is 11.8 Å². The van der Waals surface area contributed by atoms with Crippen LogP contribution >= 0.6 is 0 Å². The van der Waals surface area contributed by atoms with E-state index in [1.165, 1.54) is 0 Å². The summed E-state index contributed by atoms with van der Waals surface area (Å²) in [6.45, 7) is 3.85. The fourth-order valence-corrected chi connectivity index (χ4v) is 5.51. The van der Waals surface area contributed by atoms with Gasteiger partial charge in [0.1, 0.15) is 12.1 Å². The minimum atomic E-state index is -4.87. The van der Waals surface area contributed by atoms with E-state index in [1.54, 1.807) is 12.1 Å². The number of carbonyl (C=O) groups excluding carboxylic acids is 4. The summed E-state index contributed by atoms with van der Waals surface area (Å²) in [6.07, 6.45) is -3.11. The molecule has 4 amide bonds. The number of aromatic nitrogens is 1. The van der Waals surface area contributed by atoms with Crippen LogP contribution in [0, 0.1) is 11.8 Å². The molecule has 1 aliphatic heterocycles. The highest BCUT2D eigenvalue weighted by molar-refractivity contribution is 5.98. The fourth-order valence-electron chi connectivity index (χ4n) is 5.51. The maximum Gasteiger partial charge on any atom is 0.452 e. The van der Waals surface area contributed by atoms with Gasteiger partial charge in [-0.1, -0.05) is 61.5 Å². The van der Waals surface area contributed by atoms with Gasteiger partial charge in [0.15, 0.2) is 5.69 Å². The summed E-state index contributed by atoms with van der Waals surface area (Å²) in [5.74, 6) is -4.46. The largest absolute Gasteiger partial charge is 0.452 e. The number of hydrogen-bond donors (Lipinski definition) is 5. The smallest absolute Gasteiger partial charge is 0.394 e. The maximum atomic E-state index is 13.8. The Balaban J connectivity index is 1.56. The Morgan fingerprint density at radius 2 is 1.76 bits per heavy atom. The summed E-state index contributed by atoms with van der Waals surface area (Å²) in [5, 5.41) is 25.5. The van der Waals surface area contributed by atoms with Crippen LogP contribution in [-0.4, -0.2) is 65.2 Å². The second kappa shape index (κ2) is 15.2. The van der Waals surface area contributed by atoms with Crippen LogP contribution in [0.2, 0.25) is 0 Å². The van der Waals surface area contributed by atoms with Crippen LogP contribution in [0.4, 0.5) is 13.2 Å². The number of aliphatic hydroxyl groups is 1. The van der Waals surface area contributed by atoms with E-state index in [0.717, 1.165) is 17.2 Å². The number of carbonyl (C=O) groups is 4. The molecule has 1 aliphatic rings. The van der Waals surface area contributed by atoms with Crippen molar-refractivity contribution in [1.82, 2.24) is 26.4 Å². The van der Waals surface area contributed by atoms with E-state index in [0.29, 0.717) is 24.6 Å². The first-order valence-corrected chi connectivity index (χ1v) is 15.2. The van der Waals surface area contributed by atoms with Crippen molar-refractivity contribution in [1.29, 1.82) is 0 Å². The number of nitrogens with one attached hydrogen (secondary N) is 4. The standard InChI is InChI=1S/C32H38F3N5O6/c1-18(2)13-24(29(43)37-22(17-41)14-21-10-6-12-36-28(21)42)38-30(44)25(15-20-9-5-8-19-7-3-4-11-23(19)20)39-31(45)26-16-27(46-40-26)32(33,34)35/h3-5,7-9,11,16,18,21-22,24-25,41H,6,10,12-15,17H2,1-2H3,(H,36,42)(H,37,43)(H,38,44)(H,39,45)/t21-,22?,24?,25?/m0/s1. The lowest BCUT2D eigenvalue weighted by Crippen LogP contribution is -2.56. The predicted molar refractivity (Wildman–Crippen MR) is 161 cm³/mol. The molecule has 46 heavy (non-hydrogen) atoms. The predicted octanol–water partition coefficient (Wildman–Crippen LogP) is 3.11. The van der Waals surface area contributed by atoms with Crippen molar-refractivity contribution < 1.29 is 42.0 Å². The molecule has 4 atom stereocenters. The molecule has 248 valence electrons. The quantitative estimate of drug-likeness (QED) is 0.191. The van der Waals surface area contributed by atoms with Crippen molar-refractivity contribution in [3.63, 3.8) is 0 Å². The number of alkyl halides is 3. The average molecular weight is 646 g/mol. The lowest BCUT2D eigenvalue weighted by atomic mass is 9.91. The molecule has 0 radical (unpaired) electrons. The number of hydrogen-bond acceptors (Lipinski definition) is 7. The number of piperidine rings is 1. The molecule has 2 aromatic carbocycles. The molecule has 3 aromatic rings. The summed E-state index contributed by atoms with van der Waals surface area (Å²) < 4.78 is 43.5. The minimum Gasteiger partial charge on any atom is -0.394 e. The van der Waals surface area contributed by atoms with Crippen LogP contribution in [0.3, 0.4) is 0 Å². The third-order valence-electron chi connectivity index (χ3n) is 7.82. The highest BCUT2D eigenvalue weighted by Crippen LogP contribution is 2.29. The number of rotatable bonds is 13. The van der Waals surface area contributed by atoms with Crippen LogP contribution in [0.5, 0.6) is 0 Å². The zero-order chi connectivity index (χ0) is 33.4. The van der Waals surface area contributed by atoms with Crippen molar-refractivity contribution >= 4 is 34.4 Å². The van der Waals surface area contributed by atoms with Crippen LogP contribution in [0.15, 0.2) is 53.1 Å². The van der Waals surface area contributed by atoms with Gasteiger partial charge in [0.05, 0.1) is 12.6 Å². The van der Waals surface area contributed by atoms with E-state index in [1.807, 2.05) is 44.2 Å². The highest BCUT2D eigenvalue weighted by Gasteiger charge is 2.37. The van der Waals surface area contributed by atoms with Gasteiger partial charge in [-0.15, -0.1) is 0 Å². The van der Waals surface area contributed by atoms with Gasteiger partial charge in [-0.25, -0.2) is 0 Å². The lowest BCUT2D eigenvalue weighted by Gasteiger charge is -2.28. The Bertz CT molecular complexity index is 1540. The number of fused-ring (bicyclic) bond motifs is 1. The third kappa shape index (κ3) is 9.05. The van der Waals surface area contributed by atoms with Crippen LogP contribution in [0.25, 0.3) is 10.8 Å². The van der Waals surface area contributed by atoms with Gasteiger partial charge < -0.3 is 30.9 Å². The van der Waals surface area contributed by atoms with Gasteiger partial charge in [-0.05, 0) is 47.9 Å². The van der Waals surface area contributed by atoms with E-state index < -0.39 is 60.1 Å². The van der Waals surface area contributed by atoms with Crippen molar-refractivity contribution in [2.45, 2.75) is 70.3 Å². The number of benzene rings is 2. The van der Waals surface area contributed by atoms with Gasteiger partial charge in [0, 0.05) is 24.9 Å². The second-order valence-corrected chi connectivity index (χ2v) is 11.9. The van der Waals surface area contributed by atoms with E-state index in [9.17, 15) is 37.5 Å². The molecule has 4 rings (SSSR count). The van der Waals surface area contributed by atoms with E-state index >= 15 is 0 Å². The zero-order valence-electron chi connectivity index (χ0n) is 25.5. The molecule has 11 nitrogen and oxygen atoms in total. The lowest BCUT2D eigenvalue weighted by molar-refractivity contribution is -0.155. The molecule has 1 saturated heterocycles. The normalized spacial score (nSPS) is 17.2. The summed E-state index contributed by atoms with van der Waals surface area (Å²) in [4.78, 5) is 52.5. The molecule has 0 aliphatic carbocycles. The van der Waals surface area contributed by atoms with E-state index in [-0.39, 0.29) is 37.0 Å². The SMILES string of the molecule is CC(C)CC(NC(=O)C(Cc1cccc2ccccc12)NC(=O)c1cc(C(F)(F)F)on1)C(=O)NC(CO)C[C@@H]1CCCNC1=O. The summed E-state index contributed by atoms with van der Waals surface area (Å²) in [6, 6.07) is 10.1. The topological polar surface area (TPSA) is 163 Å². The molecule has 3 unspecified atom stereocenters. The van der Waals surface area contributed by atoms with Gasteiger partial charge in [0.2, 0.25) is 23.5 Å². The molecule has 5 N–H and O–H groups in total. The van der Waals surface area contributed by atoms with Crippen LogP contribution in [0.1, 0.15) is 61.3 Å².